The Hall–Kier alpha value is 0.206. The molecule has 0 radical (unpaired) electrons. The number of unbranched alkanes of at least 4 members (excludes halogenated alkanes) is 4. The second-order valence-corrected chi connectivity index (χ2v) is 3.71. The quantitative estimate of drug-likeness (QED) is 0.271. The summed E-state index contributed by atoms with van der Waals surface area (Å²) in [5.41, 5.74) is 4.98. The van der Waals surface area contributed by atoms with Crippen LogP contribution in [0.15, 0.2) is 0 Å². The first kappa shape index (κ1) is 20.5. The molecule has 0 aliphatic rings. The van der Waals surface area contributed by atoms with E-state index in [9.17, 15) is 14.4 Å². The standard InChI is InChI=1S/C11H19NO5.K.H/c12-8-11(16)17-10(15)7-5-3-1-2-4-6-9(13)14;;/h1-8,12H2,(H,13,14);;. The zero-order valence-corrected chi connectivity index (χ0v) is 9.81. The molecule has 100 valence electrons. The van der Waals surface area contributed by atoms with Crippen molar-refractivity contribution in [2.75, 3.05) is 6.54 Å². The van der Waals surface area contributed by atoms with Crippen LogP contribution in [0.5, 0.6) is 0 Å². The molecule has 0 fully saturated rings. The van der Waals surface area contributed by atoms with Crippen molar-refractivity contribution in [1.82, 2.24) is 0 Å². The van der Waals surface area contributed by atoms with Gasteiger partial charge in [0.15, 0.2) is 0 Å². The van der Waals surface area contributed by atoms with Gasteiger partial charge in [0.25, 0.3) is 0 Å². The van der Waals surface area contributed by atoms with Crippen molar-refractivity contribution in [2.24, 2.45) is 5.73 Å². The predicted molar refractivity (Wildman–Crippen MR) is 67.3 cm³/mol. The predicted octanol–water partition coefficient (Wildman–Crippen LogP) is 0.182. The number of rotatable bonds is 9. The zero-order chi connectivity index (χ0) is 13.1. The van der Waals surface area contributed by atoms with E-state index in [1.54, 1.807) is 0 Å². The number of aliphatic carboxylic acids is 1. The Balaban J connectivity index is 0. The van der Waals surface area contributed by atoms with E-state index in [4.69, 9.17) is 10.8 Å². The molecule has 0 atom stereocenters. The number of carbonyl (C=O) groups is 3. The minimum absolute atomic E-state index is 0. The van der Waals surface area contributed by atoms with E-state index >= 15 is 0 Å². The van der Waals surface area contributed by atoms with Gasteiger partial charge in [-0.05, 0) is 12.8 Å². The van der Waals surface area contributed by atoms with Gasteiger partial charge in [-0.3, -0.25) is 14.4 Å². The summed E-state index contributed by atoms with van der Waals surface area (Å²) >= 11 is 0. The third kappa shape index (κ3) is 14.3. The van der Waals surface area contributed by atoms with Crippen LogP contribution in [-0.2, 0) is 19.1 Å². The number of carbonyl (C=O) groups excluding carboxylic acids is 2. The number of hydrogen-bond donors (Lipinski definition) is 2. The molecule has 0 unspecified atom stereocenters. The third-order valence-corrected chi connectivity index (χ3v) is 2.17. The summed E-state index contributed by atoms with van der Waals surface area (Å²) in [6.07, 6.45) is 4.23. The van der Waals surface area contributed by atoms with Crippen molar-refractivity contribution in [2.45, 2.75) is 44.9 Å². The Labute approximate surface area is 149 Å². The average Bonchev–Trinajstić information content (AvgIpc) is 2.27. The molecular weight excluding hydrogens is 265 g/mol. The van der Waals surface area contributed by atoms with Gasteiger partial charge in [0.2, 0.25) is 0 Å². The van der Waals surface area contributed by atoms with Crippen LogP contribution in [0.2, 0.25) is 0 Å². The van der Waals surface area contributed by atoms with Crippen molar-refractivity contribution in [3.63, 3.8) is 0 Å². The molecular formula is C11H20KNO5. The van der Waals surface area contributed by atoms with E-state index in [0.29, 0.717) is 12.8 Å². The Morgan fingerprint density at radius 2 is 1.39 bits per heavy atom. The molecule has 0 bridgehead atoms. The second kappa shape index (κ2) is 13.6. The van der Waals surface area contributed by atoms with Gasteiger partial charge in [-0.1, -0.05) is 19.3 Å². The van der Waals surface area contributed by atoms with Crippen LogP contribution in [0, 0.1) is 0 Å². The van der Waals surface area contributed by atoms with E-state index in [-0.39, 0.29) is 70.8 Å². The monoisotopic (exact) mass is 285 g/mol. The molecule has 0 spiro atoms. The van der Waals surface area contributed by atoms with E-state index in [0.717, 1.165) is 19.3 Å². The SMILES string of the molecule is NCC(=O)OC(=O)CCCCCCCC(=O)O.[KH]. The van der Waals surface area contributed by atoms with Crippen LogP contribution in [0.3, 0.4) is 0 Å². The zero-order valence-electron chi connectivity index (χ0n) is 9.81. The van der Waals surface area contributed by atoms with Gasteiger partial charge in [-0.25, -0.2) is 0 Å². The van der Waals surface area contributed by atoms with E-state index in [2.05, 4.69) is 4.74 Å². The van der Waals surface area contributed by atoms with E-state index < -0.39 is 17.9 Å². The number of carboxylic acid groups (broad SMARTS) is 1. The van der Waals surface area contributed by atoms with Gasteiger partial charge in [-0.15, -0.1) is 0 Å². The fourth-order valence-electron chi connectivity index (χ4n) is 1.30. The molecule has 7 heteroatoms. The second-order valence-electron chi connectivity index (χ2n) is 3.71. The molecule has 0 saturated heterocycles. The fraction of sp³-hybridized carbons (Fsp3) is 0.727. The number of carboxylic acids is 1. The molecule has 0 aromatic heterocycles. The first-order chi connectivity index (χ1) is 8.06. The van der Waals surface area contributed by atoms with Gasteiger partial charge in [0.05, 0.1) is 6.54 Å². The normalized spacial score (nSPS) is 9.39. The first-order valence-electron chi connectivity index (χ1n) is 5.71. The van der Waals surface area contributed by atoms with Crippen LogP contribution in [-0.4, -0.2) is 80.9 Å². The van der Waals surface area contributed by atoms with Crippen molar-refractivity contribution in [3.8, 4) is 0 Å². The van der Waals surface area contributed by atoms with Gasteiger partial charge in [0.1, 0.15) is 0 Å². The topological polar surface area (TPSA) is 107 Å². The summed E-state index contributed by atoms with van der Waals surface area (Å²) in [5.74, 6) is -2.05. The Morgan fingerprint density at radius 3 is 1.89 bits per heavy atom. The molecule has 0 aliphatic heterocycles. The molecule has 0 aliphatic carbocycles. The van der Waals surface area contributed by atoms with Crippen LogP contribution in [0.25, 0.3) is 0 Å². The summed E-state index contributed by atoms with van der Waals surface area (Å²) in [7, 11) is 0. The molecule has 0 rings (SSSR count). The maximum absolute atomic E-state index is 11.0. The molecule has 6 nitrogen and oxygen atoms in total. The Morgan fingerprint density at radius 1 is 0.889 bits per heavy atom. The molecule has 18 heavy (non-hydrogen) atoms. The third-order valence-electron chi connectivity index (χ3n) is 2.17. The maximum atomic E-state index is 11.0. The van der Waals surface area contributed by atoms with Crippen molar-refractivity contribution < 1.29 is 24.2 Å². The number of ether oxygens (including phenoxy) is 1. The Kier molecular flexibility index (Phi) is 15.5. The summed E-state index contributed by atoms with van der Waals surface area (Å²) < 4.78 is 4.38. The Bertz CT molecular complexity index is 270. The summed E-state index contributed by atoms with van der Waals surface area (Å²) in [4.78, 5) is 31.9. The van der Waals surface area contributed by atoms with Crippen molar-refractivity contribution in [1.29, 1.82) is 0 Å². The summed E-state index contributed by atoms with van der Waals surface area (Å²) in [6, 6.07) is 0. The van der Waals surface area contributed by atoms with Crippen molar-refractivity contribution in [3.05, 3.63) is 0 Å². The summed E-state index contributed by atoms with van der Waals surface area (Å²) in [5, 5.41) is 8.39. The van der Waals surface area contributed by atoms with Gasteiger partial charge < -0.3 is 15.6 Å². The fourth-order valence-corrected chi connectivity index (χ4v) is 1.30. The molecule has 0 heterocycles. The van der Waals surface area contributed by atoms with E-state index in [1.807, 2.05) is 0 Å². The first-order valence-corrected chi connectivity index (χ1v) is 5.71. The average molecular weight is 285 g/mol. The van der Waals surface area contributed by atoms with Gasteiger partial charge in [0, 0.05) is 12.8 Å². The van der Waals surface area contributed by atoms with E-state index in [1.165, 1.54) is 0 Å². The van der Waals surface area contributed by atoms with Crippen LogP contribution in [0.1, 0.15) is 44.9 Å². The molecule has 0 aromatic rings. The molecule has 3 N–H and O–H groups in total. The number of hydrogen-bond acceptors (Lipinski definition) is 5. The van der Waals surface area contributed by atoms with Gasteiger partial charge >= 0.3 is 69.3 Å². The van der Waals surface area contributed by atoms with Crippen LogP contribution in [0.4, 0.5) is 0 Å². The van der Waals surface area contributed by atoms with Crippen molar-refractivity contribution >= 4 is 69.3 Å². The molecule has 0 saturated carbocycles. The molecule has 0 amide bonds. The van der Waals surface area contributed by atoms with Crippen LogP contribution < -0.4 is 5.73 Å². The molecule has 0 aromatic carbocycles. The number of esters is 2. The van der Waals surface area contributed by atoms with Gasteiger partial charge in [-0.2, -0.15) is 0 Å². The van der Waals surface area contributed by atoms with Crippen LogP contribution >= 0.6 is 0 Å². The number of nitrogens with two attached hydrogens (primary N) is 1. The minimum atomic E-state index is -0.783. The summed E-state index contributed by atoms with van der Waals surface area (Å²) in [6.45, 7) is -0.291.